The summed E-state index contributed by atoms with van der Waals surface area (Å²) >= 11 is 11.3. The summed E-state index contributed by atoms with van der Waals surface area (Å²) in [5, 5.41) is 0. The molecule has 132 valence electrons. The van der Waals surface area contributed by atoms with Crippen LogP contribution in [0.25, 0.3) is 11.4 Å². The van der Waals surface area contributed by atoms with Crippen LogP contribution >= 0.6 is 55.4 Å². The molecule has 0 amide bonds. The number of pyridine rings is 2. The van der Waals surface area contributed by atoms with Crippen molar-refractivity contribution in [2.75, 3.05) is 0 Å². The molecule has 0 N–H and O–H groups in total. The normalized spacial score (nSPS) is 14.4. The molecule has 2 aromatic heterocycles. The molecule has 0 spiro atoms. The van der Waals surface area contributed by atoms with E-state index in [2.05, 4.69) is 78.2 Å². The Kier molecular flexibility index (Phi) is 6.03. The van der Waals surface area contributed by atoms with Gasteiger partial charge in [-0.3, -0.25) is 9.97 Å². The van der Waals surface area contributed by atoms with Gasteiger partial charge < -0.3 is 0 Å². The van der Waals surface area contributed by atoms with Gasteiger partial charge in [0.2, 0.25) is 0 Å². The molecule has 0 unspecified atom stereocenters. The standard InChI is InChI=1S/C20H16Br2N2S2/c21-17-8-16-12-26-10-14-2-4-24-20(6-14)19-5-13(1-3-23-19)9-25-11-15(17)7-18(16)22/h1-8H,9-12H2. The lowest BCUT2D eigenvalue weighted by Crippen LogP contribution is -1.94. The van der Waals surface area contributed by atoms with E-state index in [0.29, 0.717) is 0 Å². The lowest BCUT2D eigenvalue weighted by molar-refractivity contribution is 1.20. The van der Waals surface area contributed by atoms with Gasteiger partial charge in [-0.2, -0.15) is 23.5 Å². The number of benzene rings is 1. The fourth-order valence-electron chi connectivity index (χ4n) is 2.82. The maximum Gasteiger partial charge on any atom is 0.0889 e. The van der Waals surface area contributed by atoms with Gasteiger partial charge in [0.15, 0.2) is 0 Å². The molecule has 5 rings (SSSR count). The largest absolute Gasteiger partial charge is 0.255 e. The predicted molar refractivity (Wildman–Crippen MR) is 119 cm³/mol. The first-order chi connectivity index (χ1) is 12.7. The van der Waals surface area contributed by atoms with E-state index in [1.807, 2.05) is 35.9 Å². The minimum absolute atomic E-state index is 0.953. The van der Waals surface area contributed by atoms with Crippen molar-refractivity contribution in [2.45, 2.75) is 23.0 Å². The third-order valence-electron chi connectivity index (χ3n) is 4.18. The van der Waals surface area contributed by atoms with Crippen molar-refractivity contribution >= 4 is 55.4 Å². The summed E-state index contributed by atoms with van der Waals surface area (Å²) in [4.78, 5) is 9.05. The van der Waals surface area contributed by atoms with Gasteiger partial charge >= 0.3 is 0 Å². The molecular weight excluding hydrogens is 492 g/mol. The van der Waals surface area contributed by atoms with Gasteiger partial charge in [-0.25, -0.2) is 0 Å². The molecule has 0 radical (unpaired) electrons. The average molecular weight is 508 g/mol. The quantitative estimate of drug-likeness (QED) is 0.332. The summed E-state index contributed by atoms with van der Waals surface area (Å²) in [6.45, 7) is 0. The van der Waals surface area contributed by atoms with Gasteiger partial charge in [-0.15, -0.1) is 0 Å². The Morgan fingerprint density at radius 2 is 1.12 bits per heavy atom. The Labute approximate surface area is 178 Å². The SMILES string of the molecule is Brc1cc2c(Br)cc1CSCc1ccnc(c1)-c1cc(ccn1)CSC2. The van der Waals surface area contributed by atoms with Gasteiger partial charge in [0.25, 0.3) is 0 Å². The van der Waals surface area contributed by atoms with Gasteiger partial charge in [0.05, 0.1) is 11.4 Å². The molecular formula is C20H16Br2N2S2. The second-order valence-electron chi connectivity index (χ2n) is 6.12. The second kappa shape index (κ2) is 8.46. The lowest BCUT2D eigenvalue weighted by Gasteiger charge is -2.12. The molecule has 2 nitrogen and oxygen atoms in total. The van der Waals surface area contributed by atoms with Gasteiger partial charge in [-0.05, 0) is 58.7 Å². The summed E-state index contributed by atoms with van der Waals surface area (Å²) in [6, 6.07) is 13.0. The Morgan fingerprint density at radius 3 is 1.58 bits per heavy atom. The topological polar surface area (TPSA) is 25.8 Å². The lowest BCUT2D eigenvalue weighted by atomic mass is 10.1. The first-order valence-corrected chi connectivity index (χ1v) is 12.1. The summed E-state index contributed by atoms with van der Waals surface area (Å²) < 4.78 is 2.38. The Balaban J connectivity index is 1.71. The molecule has 6 bridgehead atoms. The smallest absolute Gasteiger partial charge is 0.0889 e. The number of thioether (sulfide) groups is 2. The summed E-state index contributed by atoms with van der Waals surface area (Å²) in [7, 11) is 0. The number of rotatable bonds is 0. The third-order valence-corrected chi connectivity index (χ3v) is 7.76. The molecule has 0 saturated heterocycles. The molecule has 4 heterocycles. The zero-order chi connectivity index (χ0) is 17.9. The van der Waals surface area contributed by atoms with Crippen molar-refractivity contribution in [3.8, 4) is 11.4 Å². The van der Waals surface area contributed by atoms with E-state index >= 15 is 0 Å². The third kappa shape index (κ3) is 4.35. The molecule has 26 heavy (non-hydrogen) atoms. The van der Waals surface area contributed by atoms with Crippen molar-refractivity contribution < 1.29 is 0 Å². The highest BCUT2D eigenvalue weighted by atomic mass is 79.9. The second-order valence-corrected chi connectivity index (χ2v) is 9.80. The molecule has 3 aromatic rings. The van der Waals surface area contributed by atoms with E-state index in [0.717, 1.165) is 34.4 Å². The molecule has 2 aliphatic heterocycles. The minimum Gasteiger partial charge on any atom is -0.255 e. The summed E-state index contributed by atoms with van der Waals surface area (Å²) in [5.74, 6) is 3.85. The fraction of sp³-hybridized carbons (Fsp3) is 0.200. The number of nitrogens with zero attached hydrogens (tertiary/aromatic N) is 2. The molecule has 2 aliphatic rings. The van der Waals surface area contributed by atoms with Crippen LogP contribution in [0.4, 0.5) is 0 Å². The molecule has 0 atom stereocenters. The predicted octanol–water partition coefficient (Wildman–Crippen LogP) is 6.85. The number of aromatic nitrogens is 2. The van der Waals surface area contributed by atoms with Crippen LogP contribution in [-0.2, 0) is 23.0 Å². The van der Waals surface area contributed by atoms with Gasteiger partial charge in [0.1, 0.15) is 0 Å². The number of halogens is 2. The van der Waals surface area contributed by atoms with Crippen molar-refractivity contribution in [1.29, 1.82) is 0 Å². The van der Waals surface area contributed by atoms with Crippen LogP contribution in [0.5, 0.6) is 0 Å². The van der Waals surface area contributed by atoms with Gasteiger partial charge in [-0.1, -0.05) is 31.9 Å². The number of fused-ring (bicyclic) bond motifs is 6. The van der Waals surface area contributed by atoms with E-state index in [-0.39, 0.29) is 0 Å². The molecule has 6 heteroatoms. The van der Waals surface area contributed by atoms with E-state index in [1.165, 1.54) is 31.2 Å². The Hall–Kier alpha value is -0.820. The maximum atomic E-state index is 4.53. The summed E-state index contributed by atoms with van der Waals surface area (Å²) in [5.41, 5.74) is 7.11. The Bertz CT molecular complexity index is 870. The molecule has 0 saturated carbocycles. The first kappa shape index (κ1) is 18.5. The summed E-state index contributed by atoms with van der Waals surface area (Å²) in [6.07, 6.45) is 3.78. The molecule has 1 aromatic carbocycles. The van der Waals surface area contributed by atoms with Crippen LogP contribution in [0, 0.1) is 0 Å². The van der Waals surface area contributed by atoms with Crippen LogP contribution in [0.3, 0.4) is 0 Å². The highest BCUT2D eigenvalue weighted by molar-refractivity contribution is 9.11. The first-order valence-electron chi connectivity index (χ1n) is 8.21. The van der Waals surface area contributed by atoms with E-state index in [1.54, 1.807) is 0 Å². The molecule has 0 fully saturated rings. The van der Waals surface area contributed by atoms with Crippen LogP contribution in [-0.4, -0.2) is 9.97 Å². The van der Waals surface area contributed by atoms with Crippen LogP contribution in [0.2, 0.25) is 0 Å². The van der Waals surface area contributed by atoms with E-state index < -0.39 is 0 Å². The van der Waals surface area contributed by atoms with Crippen molar-refractivity contribution in [3.05, 3.63) is 80.0 Å². The van der Waals surface area contributed by atoms with Crippen LogP contribution < -0.4 is 0 Å². The van der Waals surface area contributed by atoms with Crippen molar-refractivity contribution in [2.24, 2.45) is 0 Å². The zero-order valence-electron chi connectivity index (χ0n) is 13.9. The number of hydrogen-bond acceptors (Lipinski definition) is 4. The monoisotopic (exact) mass is 506 g/mol. The van der Waals surface area contributed by atoms with E-state index in [9.17, 15) is 0 Å². The highest BCUT2D eigenvalue weighted by Crippen LogP contribution is 2.33. The highest BCUT2D eigenvalue weighted by Gasteiger charge is 2.10. The van der Waals surface area contributed by atoms with Crippen molar-refractivity contribution in [3.63, 3.8) is 0 Å². The molecule has 0 aliphatic carbocycles. The van der Waals surface area contributed by atoms with Crippen LogP contribution in [0.15, 0.2) is 57.7 Å². The van der Waals surface area contributed by atoms with Crippen LogP contribution in [0.1, 0.15) is 22.3 Å². The average Bonchev–Trinajstić information content (AvgIpc) is 2.65. The van der Waals surface area contributed by atoms with Crippen molar-refractivity contribution in [1.82, 2.24) is 9.97 Å². The fourth-order valence-corrected chi connectivity index (χ4v) is 6.20. The number of hydrogen-bond donors (Lipinski definition) is 0. The van der Waals surface area contributed by atoms with Gasteiger partial charge in [0, 0.05) is 44.4 Å². The minimum atomic E-state index is 0.953. The Morgan fingerprint density at radius 1 is 0.654 bits per heavy atom. The maximum absolute atomic E-state index is 4.53. The zero-order valence-corrected chi connectivity index (χ0v) is 18.7. The van der Waals surface area contributed by atoms with E-state index in [4.69, 9.17) is 0 Å².